The van der Waals surface area contributed by atoms with Crippen LogP contribution in [0.2, 0.25) is 0 Å². The molecular formula is C28H35N5O4. The second-order valence-corrected chi connectivity index (χ2v) is 10.1. The Bertz CT molecular complexity index is 1270. The number of nitrogens with one attached hydrogen (secondary N) is 1. The lowest BCUT2D eigenvalue weighted by atomic mass is 9.87. The Morgan fingerprint density at radius 1 is 1.11 bits per heavy atom. The Morgan fingerprint density at radius 3 is 2.54 bits per heavy atom. The molecule has 0 bridgehead atoms. The molecule has 9 heteroatoms. The number of anilines is 1. The molecule has 3 aromatic rings. The van der Waals surface area contributed by atoms with Crippen molar-refractivity contribution in [1.29, 1.82) is 0 Å². The zero-order valence-corrected chi connectivity index (χ0v) is 22.4. The molecule has 0 saturated carbocycles. The molecule has 0 fully saturated rings. The van der Waals surface area contributed by atoms with Gasteiger partial charge in [-0.15, -0.1) is 0 Å². The Hall–Kier alpha value is -3.88. The first-order valence-corrected chi connectivity index (χ1v) is 12.6. The molecule has 9 nitrogen and oxygen atoms in total. The van der Waals surface area contributed by atoms with Gasteiger partial charge in [0.05, 0.1) is 19.3 Å². The first-order valence-electron chi connectivity index (χ1n) is 12.6. The SMILES string of the molecule is CCCCOC(=O)C1=C(C)Nc2nnnn2C1c1ccc(OCc2ccc(C(C)(C)C)cc2)c(OC)c1. The van der Waals surface area contributed by atoms with E-state index in [1.807, 2.05) is 32.0 Å². The molecular weight excluding hydrogens is 470 g/mol. The molecule has 2 heterocycles. The van der Waals surface area contributed by atoms with Crippen LogP contribution in [0.5, 0.6) is 11.5 Å². The van der Waals surface area contributed by atoms with Gasteiger partial charge in [0.2, 0.25) is 5.95 Å². The quantitative estimate of drug-likeness (QED) is 0.313. The summed E-state index contributed by atoms with van der Waals surface area (Å²) >= 11 is 0. The van der Waals surface area contributed by atoms with Gasteiger partial charge < -0.3 is 19.5 Å². The predicted molar refractivity (Wildman–Crippen MR) is 141 cm³/mol. The van der Waals surface area contributed by atoms with Gasteiger partial charge in [-0.25, -0.2) is 4.79 Å². The van der Waals surface area contributed by atoms with E-state index in [4.69, 9.17) is 14.2 Å². The fourth-order valence-electron chi connectivity index (χ4n) is 4.21. The van der Waals surface area contributed by atoms with Crippen LogP contribution >= 0.6 is 0 Å². The number of aromatic nitrogens is 4. The van der Waals surface area contributed by atoms with Gasteiger partial charge in [0.1, 0.15) is 12.6 Å². The average molecular weight is 506 g/mol. The highest BCUT2D eigenvalue weighted by Crippen LogP contribution is 2.39. The number of fused-ring (bicyclic) bond motifs is 1. The molecule has 1 unspecified atom stereocenters. The highest BCUT2D eigenvalue weighted by molar-refractivity contribution is 5.92. The van der Waals surface area contributed by atoms with Crippen LogP contribution in [0, 0.1) is 0 Å². The van der Waals surface area contributed by atoms with Crippen LogP contribution < -0.4 is 14.8 Å². The van der Waals surface area contributed by atoms with Crippen LogP contribution in [-0.4, -0.2) is 39.9 Å². The summed E-state index contributed by atoms with van der Waals surface area (Å²) in [6, 6.07) is 13.5. The third-order valence-electron chi connectivity index (χ3n) is 6.38. The molecule has 1 aliphatic heterocycles. The fraction of sp³-hybridized carbons (Fsp3) is 0.429. The number of carbonyl (C=O) groups excluding carboxylic acids is 1. The summed E-state index contributed by atoms with van der Waals surface area (Å²) in [6.45, 7) is 11.2. The Balaban J connectivity index is 1.59. The van der Waals surface area contributed by atoms with Gasteiger partial charge in [-0.2, -0.15) is 4.68 Å². The van der Waals surface area contributed by atoms with E-state index in [9.17, 15) is 4.79 Å². The molecule has 0 aliphatic carbocycles. The van der Waals surface area contributed by atoms with Gasteiger partial charge in [0.25, 0.3) is 0 Å². The second kappa shape index (κ2) is 11.0. The average Bonchev–Trinajstić information content (AvgIpc) is 3.34. The van der Waals surface area contributed by atoms with Gasteiger partial charge in [-0.1, -0.05) is 69.5 Å². The van der Waals surface area contributed by atoms with Gasteiger partial charge >= 0.3 is 5.97 Å². The van der Waals surface area contributed by atoms with Gasteiger partial charge in [-0.05, 0) is 58.0 Å². The van der Waals surface area contributed by atoms with Crippen molar-refractivity contribution in [2.75, 3.05) is 19.0 Å². The van der Waals surface area contributed by atoms with Gasteiger partial charge in [0, 0.05) is 5.70 Å². The summed E-state index contributed by atoms with van der Waals surface area (Å²) in [5, 5.41) is 15.1. The van der Waals surface area contributed by atoms with Gasteiger partial charge in [0.15, 0.2) is 11.5 Å². The third-order valence-corrected chi connectivity index (χ3v) is 6.38. The minimum atomic E-state index is -0.576. The minimum absolute atomic E-state index is 0.0979. The summed E-state index contributed by atoms with van der Waals surface area (Å²) in [4.78, 5) is 13.1. The molecule has 0 amide bonds. The molecule has 37 heavy (non-hydrogen) atoms. The number of carbonyl (C=O) groups is 1. The zero-order chi connectivity index (χ0) is 26.6. The zero-order valence-electron chi connectivity index (χ0n) is 22.4. The number of hydrogen-bond acceptors (Lipinski definition) is 8. The number of ether oxygens (including phenoxy) is 3. The third kappa shape index (κ3) is 5.76. The number of tetrazole rings is 1. The number of methoxy groups -OCH3 is 1. The molecule has 1 N–H and O–H groups in total. The number of hydrogen-bond donors (Lipinski definition) is 1. The Morgan fingerprint density at radius 2 is 1.86 bits per heavy atom. The van der Waals surface area contributed by atoms with Crippen LogP contribution in [0.1, 0.15) is 70.2 Å². The molecule has 1 aliphatic rings. The van der Waals surface area contributed by atoms with Crippen LogP contribution in [0.3, 0.4) is 0 Å². The number of unbranched alkanes of at least 4 members (excludes halogenated alkanes) is 1. The lowest BCUT2D eigenvalue weighted by Crippen LogP contribution is -2.30. The van der Waals surface area contributed by atoms with Crippen molar-refractivity contribution < 1.29 is 19.0 Å². The first kappa shape index (κ1) is 26.2. The normalized spacial score (nSPS) is 15.1. The molecule has 2 aromatic carbocycles. The molecule has 4 rings (SSSR count). The van der Waals surface area contributed by atoms with E-state index in [0.717, 1.165) is 24.0 Å². The molecule has 0 saturated heterocycles. The number of allylic oxidation sites excluding steroid dienone is 1. The summed E-state index contributed by atoms with van der Waals surface area (Å²) < 4.78 is 18.9. The Kier molecular flexibility index (Phi) is 7.80. The molecule has 1 atom stereocenters. The molecule has 196 valence electrons. The molecule has 0 spiro atoms. The minimum Gasteiger partial charge on any atom is -0.493 e. The maximum atomic E-state index is 13.1. The lowest BCUT2D eigenvalue weighted by molar-refractivity contribution is -0.139. The summed E-state index contributed by atoms with van der Waals surface area (Å²) in [7, 11) is 1.59. The smallest absolute Gasteiger partial charge is 0.338 e. The number of rotatable bonds is 9. The maximum absolute atomic E-state index is 13.1. The first-order chi connectivity index (χ1) is 17.7. The van der Waals surface area contributed by atoms with Crippen LogP contribution in [-0.2, 0) is 21.6 Å². The predicted octanol–water partition coefficient (Wildman–Crippen LogP) is 5.19. The number of benzene rings is 2. The van der Waals surface area contributed by atoms with E-state index in [-0.39, 0.29) is 5.41 Å². The van der Waals surface area contributed by atoms with Crippen LogP contribution in [0.4, 0.5) is 5.95 Å². The largest absolute Gasteiger partial charge is 0.493 e. The summed E-state index contributed by atoms with van der Waals surface area (Å²) in [5.41, 5.74) is 4.30. The molecule has 1 aromatic heterocycles. The van der Waals surface area contributed by atoms with E-state index < -0.39 is 12.0 Å². The second-order valence-electron chi connectivity index (χ2n) is 10.1. The van der Waals surface area contributed by atoms with E-state index in [0.29, 0.717) is 41.9 Å². The van der Waals surface area contributed by atoms with Crippen LogP contribution in [0.15, 0.2) is 53.7 Å². The van der Waals surface area contributed by atoms with Crippen molar-refractivity contribution in [3.05, 3.63) is 70.4 Å². The lowest BCUT2D eigenvalue weighted by Gasteiger charge is -2.27. The summed E-state index contributed by atoms with van der Waals surface area (Å²) in [5.74, 6) is 1.20. The monoisotopic (exact) mass is 505 g/mol. The fourth-order valence-corrected chi connectivity index (χ4v) is 4.21. The summed E-state index contributed by atoms with van der Waals surface area (Å²) in [6.07, 6.45) is 1.73. The maximum Gasteiger partial charge on any atom is 0.338 e. The highest BCUT2D eigenvalue weighted by Gasteiger charge is 2.35. The number of esters is 1. The highest BCUT2D eigenvalue weighted by atomic mass is 16.5. The Labute approximate surface area is 217 Å². The van der Waals surface area contributed by atoms with Crippen LogP contribution in [0.25, 0.3) is 0 Å². The van der Waals surface area contributed by atoms with E-state index >= 15 is 0 Å². The van der Waals surface area contributed by atoms with Crippen molar-refractivity contribution in [1.82, 2.24) is 20.2 Å². The van der Waals surface area contributed by atoms with Crippen molar-refractivity contribution in [2.45, 2.75) is 65.5 Å². The van der Waals surface area contributed by atoms with E-state index in [2.05, 4.69) is 65.9 Å². The van der Waals surface area contributed by atoms with E-state index in [1.165, 1.54) is 5.56 Å². The van der Waals surface area contributed by atoms with Crippen molar-refractivity contribution in [3.8, 4) is 11.5 Å². The van der Waals surface area contributed by atoms with Crippen molar-refractivity contribution in [2.24, 2.45) is 0 Å². The standard InChI is InChI=1S/C28H35N5O4/c1-7-8-15-36-26(34)24-18(2)29-27-30-31-32-33(27)25(24)20-11-14-22(23(16-20)35-6)37-17-19-9-12-21(13-10-19)28(3,4)5/h9-14,16,25H,7-8,15,17H2,1-6H3,(H,29,30,32). The van der Waals surface area contributed by atoms with Crippen molar-refractivity contribution >= 4 is 11.9 Å². The number of nitrogens with zero attached hydrogens (tertiary/aromatic N) is 4. The van der Waals surface area contributed by atoms with Gasteiger partial charge in [-0.3, -0.25) is 0 Å². The topological polar surface area (TPSA) is 100 Å². The van der Waals surface area contributed by atoms with Crippen molar-refractivity contribution in [3.63, 3.8) is 0 Å². The molecule has 0 radical (unpaired) electrons. The van der Waals surface area contributed by atoms with E-state index in [1.54, 1.807) is 11.8 Å².